The van der Waals surface area contributed by atoms with Crippen molar-refractivity contribution < 1.29 is 29.0 Å². The SMILES string of the molecule is COC(=O)c1ccc(COC(=O)NC(C)(C)c2ccc(C(=O)Nc3ccccc3O)cc2)cc1. The molecule has 0 heterocycles. The summed E-state index contributed by atoms with van der Waals surface area (Å²) < 4.78 is 9.95. The Hall–Kier alpha value is -4.33. The molecule has 0 fully saturated rings. The Bertz CT molecular complexity index is 1170. The third kappa shape index (κ3) is 6.13. The molecular weight excluding hydrogens is 436 g/mol. The van der Waals surface area contributed by atoms with Gasteiger partial charge in [0.1, 0.15) is 12.4 Å². The average molecular weight is 463 g/mol. The normalized spacial score (nSPS) is 10.8. The Balaban J connectivity index is 1.56. The van der Waals surface area contributed by atoms with E-state index in [4.69, 9.17) is 4.74 Å². The van der Waals surface area contributed by atoms with E-state index in [0.717, 1.165) is 11.1 Å². The van der Waals surface area contributed by atoms with Gasteiger partial charge >= 0.3 is 12.1 Å². The van der Waals surface area contributed by atoms with E-state index < -0.39 is 17.6 Å². The first-order chi connectivity index (χ1) is 16.2. The quantitative estimate of drug-likeness (QED) is 0.350. The van der Waals surface area contributed by atoms with Crippen LogP contribution in [0.25, 0.3) is 0 Å². The first-order valence-corrected chi connectivity index (χ1v) is 10.5. The second-order valence-electron chi connectivity index (χ2n) is 8.06. The number of carbonyl (C=O) groups excluding carboxylic acids is 3. The van der Waals surface area contributed by atoms with Gasteiger partial charge in [-0.3, -0.25) is 4.79 Å². The molecule has 8 heteroatoms. The van der Waals surface area contributed by atoms with Crippen molar-refractivity contribution in [2.75, 3.05) is 12.4 Å². The molecule has 34 heavy (non-hydrogen) atoms. The Morgan fingerprint density at radius 2 is 1.50 bits per heavy atom. The maximum Gasteiger partial charge on any atom is 0.408 e. The number of esters is 1. The van der Waals surface area contributed by atoms with Crippen LogP contribution in [0.15, 0.2) is 72.8 Å². The fourth-order valence-corrected chi connectivity index (χ4v) is 3.18. The molecule has 3 aromatic rings. The van der Waals surface area contributed by atoms with Crippen LogP contribution in [0, 0.1) is 0 Å². The van der Waals surface area contributed by atoms with Crippen molar-refractivity contribution >= 4 is 23.7 Å². The summed E-state index contributed by atoms with van der Waals surface area (Å²) in [4.78, 5) is 36.3. The number of hydrogen-bond acceptors (Lipinski definition) is 6. The van der Waals surface area contributed by atoms with E-state index >= 15 is 0 Å². The van der Waals surface area contributed by atoms with E-state index in [1.807, 2.05) is 13.8 Å². The van der Waals surface area contributed by atoms with Gasteiger partial charge in [0.2, 0.25) is 0 Å². The molecule has 0 aliphatic carbocycles. The molecule has 8 nitrogen and oxygen atoms in total. The first kappa shape index (κ1) is 24.3. The highest BCUT2D eigenvalue weighted by Crippen LogP contribution is 2.24. The number of carbonyl (C=O) groups is 3. The summed E-state index contributed by atoms with van der Waals surface area (Å²) in [7, 11) is 1.31. The molecule has 3 aromatic carbocycles. The van der Waals surface area contributed by atoms with Gasteiger partial charge in [-0.15, -0.1) is 0 Å². The number of nitrogens with one attached hydrogen (secondary N) is 2. The number of rotatable bonds is 7. The molecule has 0 saturated carbocycles. The average Bonchev–Trinajstić information content (AvgIpc) is 2.83. The van der Waals surface area contributed by atoms with Crippen molar-refractivity contribution in [1.82, 2.24) is 5.32 Å². The Labute approximate surface area is 197 Å². The van der Waals surface area contributed by atoms with Gasteiger partial charge < -0.3 is 25.2 Å². The molecule has 0 saturated heterocycles. The molecule has 0 unspecified atom stereocenters. The standard InChI is InChI=1S/C26H26N2O6/c1-26(2,28-25(32)34-16-17-8-10-19(11-9-17)24(31)33-3)20-14-12-18(13-15-20)23(30)27-21-6-4-5-7-22(21)29/h4-15,29H,16H2,1-3H3,(H,27,30)(H,28,32). The van der Waals surface area contributed by atoms with E-state index in [9.17, 15) is 19.5 Å². The summed E-state index contributed by atoms with van der Waals surface area (Å²) in [6.07, 6.45) is -0.608. The van der Waals surface area contributed by atoms with Gasteiger partial charge in [-0.25, -0.2) is 9.59 Å². The molecule has 0 atom stereocenters. The topological polar surface area (TPSA) is 114 Å². The van der Waals surface area contributed by atoms with Gasteiger partial charge in [-0.1, -0.05) is 36.4 Å². The lowest BCUT2D eigenvalue weighted by molar-refractivity contribution is 0.0600. The summed E-state index contributed by atoms with van der Waals surface area (Å²) in [6, 6.07) is 19.8. The summed E-state index contributed by atoms with van der Waals surface area (Å²) in [5.41, 5.74) is 1.86. The van der Waals surface area contributed by atoms with Gasteiger partial charge in [-0.2, -0.15) is 0 Å². The minimum atomic E-state index is -0.765. The van der Waals surface area contributed by atoms with Crippen molar-refractivity contribution in [2.45, 2.75) is 26.0 Å². The highest BCUT2D eigenvalue weighted by atomic mass is 16.5. The predicted molar refractivity (Wildman–Crippen MR) is 127 cm³/mol. The molecular formula is C26H26N2O6. The number of amides is 2. The zero-order valence-electron chi connectivity index (χ0n) is 19.1. The molecule has 2 amide bonds. The van der Waals surface area contributed by atoms with Crippen molar-refractivity contribution in [3.05, 3.63) is 95.1 Å². The second kappa shape index (κ2) is 10.5. The second-order valence-corrected chi connectivity index (χ2v) is 8.06. The van der Waals surface area contributed by atoms with Crippen molar-refractivity contribution in [1.29, 1.82) is 0 Å². The fourth-order valence-electron chi connectivity index (χ4n) is 3.18. The number of para-hydroxylation sites is 2. The lowest BCUT2D eigenvalue weighted by Crippen LogP contribution is -2.41. The van der Waals surface area contributed by atoms with E-state index in [2.05, 4.69) is 15.4 Å². The van der Waals surface area contributed by atoms with Crippen molar-refractivity contribution in [3.63, 3.8) is 0 Å². The molecule has 0 aliphatic rings. The molecule has 0 aromatic heterocycles. The van der Waals surface area contributed by atoms with Crippen molar-refractivity contribution in [3.8, 4) is 5.75 Å². The van der Waals surface area contributed by atoms with Crippen LogP contribution in [-0.4, -0.2) is 30.2 Å². The van der Waals surface area contributed by atoms with Gasteiger partial charge in [0, 0.05) is 5.56 Å². The fraction of sp³-hybridized carbons (Fsp3) is 0.192. The summed E-state index contributed by atoms with van der Waals surface area (Å²) in [5, 5.41) is 15.3. The first-order valence-electron chi connectivity index (χ1n) is 10.5. The van der Waals surface area contributed by atoms with Gasteiger partial charge in [0.25, 0.3) is 5.91 Å². The lowest BCUT2D eigenvalue weighted by atomic mass is 9.93. The largest absolute Gasteiger partial charge is 0.506 e. The smallest absolute Gasteiger partial charge is 0.408 e. The minimum Gasteiger partial charge on any atom is -0.506 e. The van der Waals surface area contributed by atoms with Crippen LogP contribution in [0.1, 0.15) is 45.7 Å². The third-order valence-electron chi connectivity index (χ3n) is 5.18. The zero-order chi connectivity index (χ0) is 24.7. The van der Waals surface area contributed by atoms with Crippen LogP contribution in [0.4, 0.5) is 10.5 Å². The van der Waals surface area contributed by atoms with Gasteiger partial charge in [-0.05, 0) is 61.4 Å². The molecule has 3 rings (SSSR count). The lowest BCUT2D eigenvalue weighted by Gasteiger charge is -2.26. The zero-order valence-corrected chi connectivity index (χ0v) is 19.1. The minimum absolute atomic E-state index is 0.0178. The van der Waals surface area contributed by atoms with Crippen LogP contribution in [0.3, 0.4) is 0 Å². The molecule has 0 bridgehead atoms. The molecule has 176 valence electrons. The number of phenols is 1. The Morgan fingerprint density at radius 3 is 2.12 bits per heavy atom. The molecule has 0 radical (unpaired) electrons. The van der Waals surface area contributed by atoms with E-state index in [-0.39, 0.29) is 18.3 Å². The van der Waals surface area contributed by atoms with Crippen LogP contribution < -0.4 is 10.6 Å². The molecule has 0 aliphatic heterocycles. The number of benzene rings is 3. The number of methoxy groups -OCH3 is 1. The van der Waals surface area contributed by atoms with E-state index in [1.54, 1.807) is 66.7 Å². The number of alkyl carbamates (subject to hydrolysis) is 1. The van der Waals surface area contributed by atoms with E-state index in [0.29, 0.717) is 16.8 Å². The number of hydrogen-bond donors (Lipinski definition) is 3. The third-order valence-corrected chi connectivity index (χ3v) is 5.18. The predicted octanol–water partition coefficient (Wildman–Crippen LogP) is 4.59. The van der Waals surface area contributed by atoms with Crippen LogP contribution >= 0.6 is 0 Å². The van der Waals surface area contributed by atoms with Crippen LogP contribution in [-0.2, 0) is 21.6 Å². The molecule has 0 spiro atoms. The van der Waals surface area contributed by atoms with E-state index in [1.165, 1.54) is 13.2 Å². The maximum atomic E-state index is 12.5. The summed E-state index contributed by atoms with van der Waals surface area (Å²) in [6.45, 7) is 3.67. The number of anilines is 1. The van der Waals surface area contributed by atoms with Crippen LogP contribution in [0.5, 0.6) is 5.75 Å². The van der Waals surface area contributed by atoms with Gasteiger partial charge in [0.15, 0.2) is 0 Å². The Kier molecular flexibility index (Phi) is 7.53. The number of ether oxygens (including phenoxy) is 2. The summed E-state index contributed by atoms with van der Waals surface area (Å²) >= 11 is 0. The van der Waals surface area contributed by atoms with Crippen LogP contribution in [0.2, 0.25) is 0 Å². The maximum absolute atomic E-state index is 12.5. The van der Waals surface area contributed by atoms with Crippen molar-refractivity contribution in [2.24, 2.45) is 0 Å². The number of aromatic hydroxyl groups is 1. The van der Waals surface area contributed by atoms with Gasteiger partial charge in [0.05, 0.1) is 23.9 Å². The highest BCUT2D eigenvalue weighted by Gasteiger charge is 2.24. The molecule has 3 N–H and O–H groups in total. The summed E-state index contributed by atoms with van der Waals surface area (Å²) in [5.74, 6) is -0.819. The highest BCUT2D eigenvalue weighted by molar-refractivity contribution is 6.05. The Morgan fingerprint density at radius 1 is 0.882 bits per heavy atom. The number of phenolic OH excluding ortho intramolecular Hbond substituents is 1. The monoisotopic (exact) mass is 462 g/mol.